The Hall–Kier alpha value is -2.13. The van der Waals surface area contributed by atoms with Crippen LogP contribution < -0.4 is 0 Å². The highest BCUT2D eigenvalue weighted by atomic mass is 35.5. The van der Waals surface area contributed by atoms with Gasteiger partial charge in [-0.3, -0.25) is 4.79 Å². The zero-order valence-electron chi connectivity index (χ0n) is 9.22. The highest BCUT2D eigenvalue weighted by Gasteiger charge is 2.12. The van der Waals surface area contributed by atoms with Gasteiger partial charge in [0.05, 0.1) is 16.6 Å². The number of phenols is 1. The van der Waals surface area contributed by atoms with Crippen LogP contribution in [0.2, 0.25) is 0 Å². The Kier molecular flexibility index (Phi) is 2.42. The highest BCUT2D eigenvalue weighted by Crippen LogP contribution is 2.31. The number of fused-ring (bicyclic) bond motifs is 2. The molecule has 88 valence electrons. The second kappa shape index (κ2) is 3.96. The van der Waals surface area contributed by atoms with E-state index in [-0.39, 0.29) is 11.3 Å². The van der Waals surface area contributed by atoms with E-state index in [0.717, 1.165) is 10.9 Å². The van der Waals surface area contributed by atoms with Crippen molar-refractivity contribution in [1.29, 1.82) is 0 Å². The average molecular weight is 258 g/mol. The van der Waals surface area contributed by atoms with Crippen molar-refractivity contribution in [3.8, 4) is 5.75 Å². The Labute approximate surface area is 108 Å². The summed E-state index contributed by atoms with van der Waals surface area (Å²) in [4.78, 5) is 15.6. The molecule has 0 aliphatic carbocycles. The number of hydrogen-bond donors (Lipinski definition) is 1. The van der Waals surface area contributed by atoms with Crippen molar-refractivity contribution in [1.82, 2.24) is 4.98 Å². The third-order valence-electron chi connectivity index (χ3n) is 2.88. The summed E-state index contributed by atoms with van der Waals surface area (Å²) in [6.45, 7) is 0. The number of hydrogen-bond acceptors (Lipinski definition) is 3. The van der Waals surface area contributed by atoms with Crippen LogP contribution in [0.15, 0.2) is 42.5 Å². The summed E-state index contributed by atoms with van der Waals surface area (Å²) in [6.07, 6.45) is 0. The predicted octanol–water partition coefficient (Wildman–Crippen LogP) is 3.47. The van der Waals surface area contributed by atoms with Crippen LogP contribution >= 0.6 is 11.6 Å². The van der Waals surface area contributed by atoms with Crippen LogP contribution in [0.3, 0.4) is 0 Å². The van der Waals surface area contributed by atoms with E-state index >= 15 is 0 Å². The minimum absolute atomic E-state index is 0.0984. The van der Waals surface area contributed by atoms with E-state index in [4.69, 9.17) is 11.6 Å². The molecule has 0 aliphatic heterocycles. The van der Waals surface area contributed by atoms with Crippen molar-refractivity contribution in [2.75, 3.05) is 0 Å². The third kappa shape index (κ3) is 1.60. The van der Waals surface area contributed by atoms with E-state index < -0.39 is 5.24 Å². The summed E-state index contributed by atoms with van der Waals surface area (Å²) < 4.78 is 0. The molecule has 0 radical (unpaired) electrons. The maximum Gasteiger partial charge on any atom is 0.256 e. The first-order valence-electron chi connectivity index (χ1n) is 5.38. The van der Waals surface area contributed by atoms with Crippen molar-refractivity contribution in [2.24, 2.45) is 0 Å². The van der Waals surface area contributed by atoms with Gasteiger partial charge in [-0.25, -0.2) is 4.98 Å². The molecule has 0 saturated carbocycles. The van der Waals surface area contributed by atoms with Gasteiger partial charge < -0.3 is 5.11 Å². The lowest BCUT2D eigenvalue weighted by molar-refractivity contribution is 0.107. The quantitative estimate of drug-likeness (QED) is 0.536. The smallest absolute Gasteiger partial charge is 0.256 e. The third-order valence-corrected chi connectivity index (χ3v) is 3.09. The molecular weight excluding hydrogens is 250 g/mol. The molecule has 18 heavy (non-hydrogen) atoms. The zero-order chi connectivity index (χ0) is 12.7. The minimum atomic E-state index is -0.678. The molecule has 3 rings (SSSR count). The van der Waals surface area contributed by atoms with Crippen LogP contribution in [0.25, 0.3) is 21.8 Å². The molecule has 3 nitrogen and oxygen atoms in total. The first kappa shape index (κ1) is 11.0. The molecule has 0 spiro atoms. The standard InChI is InChI=1S/C14H8ClNO2/c15-14(18)9-5-6-12-10(13(9)17)7-8-3-1-2-4-11(8)16-12/h1-7,17H. The number of halogens is 1. The number of aromatic nitrogens is 1. The Morgan fingerprint density at radius 1 is 1.11 bits per heavy atom. The van der Waals surface area contributed by atoms with Crippen molar-refractivity contribution in [3.63, 3.8) is 0 Å². The maximum atomic E-state index is 11.2. The number of aromatic hydroxyl groups is 1. The molecule has 4 heteroatoms. The van der Waals surface area contributed by atoms with Crippen LogP contribution in [0, 0.1) is 0 Å². The molecule has 0 amide bonds. The fourth-order valence-electron chi connectivity index (χ4n) is 1.99. The first-order valence-corrected chi connectivity index (χ1v) is 5.76. The summed E-state index contributed by atoms with van der Waals surface area (Å²) >= 11 is 5.41. The Balaban J connectivity index is 2.44. The molecule has 2 aromatic carbocycles. The largest absolute Gasteiger partial charge is 0.506 e. The Bertz CT molecular complexity index is 783. The summed E-state index contributed by atoms with van der Waals surface area (Å²) in [5.74, 6) is -0.120. The molecule has 0 atom stereocenters. The van der Waals surface area contributed by atoms with Crippen molar-refractivity contribution in [2.45, 2.75) is 0 Å². The van der Waals surface area contributed by atoms with Crippen LogP contribution in [0.4, 0.5) is 0 Å². The molecule has 0 bridgehead atoms. The lowest BCUT2D eigenvalue weighted by atomic mass is 10.1. The highest BCUT2D eigenvalue weighted by molar-refractivity contribution is 6.68. The van der Waals surface area contributed by atoms with E-state index in [1.807, 2.05) is 24.3 Å². The van der Waals surface area contributed by atoms with Crippen LogP contribution in [-0.2, 0) is 0 Å². The van der Waals surface area contributed by atoms with Gasteiger partial charge in [0.1, 0.15) is 5.75 Å². The van der Waals surface area contributed by atoms with Gasteiger partial charge in [-0.1, -0.05) is 18.2 Å². The van der Waals surface area contributed by atoms with Gasteiger partial charge in [0.2, 0.25) is 0 Å². The van der Waals surface area contributed by atoms with Crippen LogP contribution in [0.5, 0.6) is 5.75 Å². The molecule has 0 aliphatic rings. The number of phenolic OH excluding ortho intramolecular Hbond substituents is 1. The van der Waals surface area contributed by atoms with Gasteiger partial charge in [-0.05, 0) is 35.9 Å². The first-order chi connectivity index (χ1) is 8.66. The molecular formula is C14H8ClNO2. The summed E-state index contributed by atoms with van der Waals surface area (Å²) in [5, 5.41) is 10.8. The predicted molar refractivity (Wildman–Crippen MR) is 71.1 cm³/mol. The number of nitrogens with zero attached hydrogens (tertiary/aromatic N) is 1. The maximum absolute atomic E-state index is 11.2. The second-order valence-electron chi connectivity index (χ2n) is 3.98. The van der Waals surface area contributed by atoms with Gasteiger partial charge in [0, 0.05) is 10.8 Å². The number of benzene rings is 2. The molecule has 0 unspecified atom stereocenters. The molecule has 1 heterocycles. The Morgan fingerprint density at radius 3 is 2.67 bits per heavy atom. The topological polar surface area (TPSA) is 50.2 Å². The molecule has 0 fully saturated rings. The number of carbonyl (C=O) groups excluding carboxylic acids is 1. The van der Waals surface area contributed by atoms with E-state index in [1.54, 1.807) is 12.1 Å². The van der Waals surface area contributed by atoms with Crippen molar-refractivity contribution >= 4 is 38.6 Å². The summed E-state index contributed by atoms with van der Waals surface area (Å²) in [5.41, 5.74) is 1.57. The zero-order valence-corrected chi connectivity index (χ0v) is 9.98. The van der Waals surface area contributed by atoms with Crippen LogP contribution in [0.1, 0.15) is 10.4 Å². The van der Waals surface area contributed by atoms with Gasteiger partial charge in [-0.15, -0.1) is 0 Å². The van der Waals surface area contributed by atoms with E-state index in [1.165, 1.54) is 6.07 Å². The second-order valence-corrected chi connectivity index (χ2v) is 4.33. The SMILES string of the molecule is O=C(Cl)c1ccc2nc3ccccc3cc2c1O. The van der Waals surface area contributed by atoms with E-state index in [9.17, 15) is 9.90 Å². The normalized spacial score (nSPS) is 10.9. The lowest BCUT2D eigenvalue weighted by Gasteiger charge is -2.05. The number of carbonyl (C=O) groups is 1. The van der Waals surface area contributed by atoms with Gasteiger partial charge in [0.25, 0.3) is 5.24 Å². The molecule has 1 N–H and O–H groups in total. The van der Waals surface area contributed by atoms with Gasteiger partial charge in [0.15, 0.2) is 0 Å². The number of rotatable bonds is 1. The fraction of sp³-hybridized carbons (Fsp3) is 0. The number of para-hydroxylation sites is 1. The van der Waals surface area contributed by atoms with E-state index in [0.29, 0.717) is 10.9 Å². The van der Waals surface area contributed by atoms with E-state index in [2.05, 4.69) is 4.98 Å². The molecule has 3 aromatic rings. The number of pyridine rings is 1. The average Bonchev–Trinajstić information content (AvgIpc) is 2.37. The minimum Gasteiger partial charge on any atom is -0.506 e. The van der Waals surface area contributed by atoms with Crippen molar-refractivity contribution < 1.29 is 9.90 Å². The molecule has 0 saturated heterocycles. The van der Waals surface area contributed by atoms with Gasteiger partial charge >= 0.3 is 0 Å². The molecule has 1 aromatic heterocycles. The Morgan fingerprint density at radius 2 is 1.89 bits per heavy atom. The summed E-state index contributed by atoms with van der Waals surface area (Å²) in [7, 11) is 0. The van der Waals surface area contributed by atoms with Gasteiger partial charge in [-0.2, -0.15) is 0 Å². The monoisotopic (exact) mass is 257 g/mol. The summed E-state index contributed by atoms with van der Waals surface area (Å²) in [6, 6.07) is 12.5. The van der Waals surface area contributed by atoms with Crippen molar-refractivity contribution in [3.05, 3.63) is 48.0 Å². The van der Waals surface area contributed by atoms with Crippen LogP contribution in [-0.4, -0.2) is 15.3 Å². The fourth-order valence-corrected chi connectivity index (χ4v) is 2.14. The lowest BCUT2D eigenvalue weighted by Crippen LogP contribution is -1.91.